The number of aliphatic hydroxyl groups is 1. The van der Waals surface area contributed by atoms with E-state index in [-0.39, 0.29) is 6.10 Å². The zero-order chi connectivity index (χ0) is 9.97. The summed E-state index contributed by atoms with van der Waals surface area (Å²) < 4.78 is 0. The molecule has 2 heteroatoms. The van der Waals surface area contributed by atoms with Crippen LogP contribution in [0.25, 0.3) is 0 Å². The van der Waals surface area contributed by atoms with Crippen molar-refractivity contribution >= 4 is 11.3 Å². The van der Waals surface area contributed by atoms with Crippen LogP contribution in [0.2, 0.25) is 0 Å². The van der Waals surface area contributed by atoms with Gasteiger partial charge >= 0.3 is 0 Å². The monoisotopic (exact) mass is 210 g/mol. The summed E-state index contributed by atoms with van der Waals surface area (Å²) in [7, 11) is 0. The molecule has 1 atom stereocenters. The first kappa shape index (κ1) is 10.2. The Bertz CT molecular complexity index is 278. The molecule has 14 heavy (non-hydrogen) atoms. The van der Waals surface area contributed by atoms with E-state index in [1.54, 1.807) is 10.4 Å². The van der Waals surface area contributed by atoms with Gasteiger partial charge in [0.25, 0.3) is 0 Å². The van der Waals surface area contributed by atoms with Crippen LogP contribution < -0.4 is 0 Å². The molecule has 0 spiro atoms. The summed E-state index contributed by atoms with van der Waals surface area (Å²) in [6.07, 6.45) is 7.08. The minimum atomic E-state index is -0.158. The topological polar surface area (TPSA) is 20.2 Å². The van der Waals surface area contributed by atoms with E-state index in [2.05, 4.69) is 6.07 Å². The lowest BCUT2D eigenvalue weighted by molar-refractivity contribution is 0.185. The molecule has 1 heterocycles. The zero-order valence-corrected chi connectivity index (χ0v) is 9.57. The van der Waals surface area contributed by atoms with E-state index in [1.165, 1.54) is 30.6 Å². The number of hydrogen-bond acceptors (Lipinski definition) is 2. The average molecular weight is 210 g/mol. The summed E-state index contributed by atoms with van der Waals surface area (Å²) in [6, 6.07) is 2.36. The smallest absolute Gasteiger partial charge is 0.0515 e. The van der Waals surface area contributed by atoms with Crippen LogP contribution in [0.3, 0.4) is 0 Å². The molecule has 1 aromatic heterocycles. The van der Waals surface area contributed by atoms with Crippen molar-refractivity contribution in [2.45, 2.75) is 51.6 Å². The van der Waals surface area contributed by atoms with Gasteiger partial charge in [-0.2, -0.15) is 0 Å². The third-order valence-electron chi connectivity index (χ3n) is 2.86. The van der Waals surface area contributed by atoms with Gasteiger partial charge in [0.05, 0.1) is 6.10 Å². The maximum Gasteiger partial charge on any atom is 0.0515 e. The van der Waals surface area contributed by atoms with Gasteiger partial charge in [-0.1, -0.05) is 0 Å². The normalized spacial score (nSPS) is 17.9. The van der Waals surface area contributed by atoms with E-state index in [1.807, 2.05) is 18.3 Å². The number of rotatable bonds is 3. The van der Waals surface area contributed by atoms with Crippen molar-refractivity contribution in [3.8, 4) is 0 Å². The predicted octanol–water partition coefficient (Wildman–Crippen LogP) is 2.94. The van der Waals surface area contributed by atoms with Crippen molar-refractivity contribution in [3.05, 3.63) is 21.4 Å². The van der Waals surface area contributed by atoms with E-state index in [0.29, 0.717) is 0 Å². The standard InChI is InChI=1S/C12H18OS/c1-9(13)6-7-11-8-10-4-2-3-5-12(10)14-11/h8-9,13H,2-7H2,1H3/t9-/m1/s1. The zero-order valence-electron chi connectivity index (χ0n) is 8.75. The Morgan fingerprint density at radius 1 is 1.43 bits per heavy atom. The fourth-order valence-corrected chi connectivity index (χ4v) is 3.30. The van der Waals surface area contributed by atoms with Crippen LogP contribution in [-0.2, 0) is 19.3 Å². The van der Waals surface area contributed by atoms with Crippen molar-refractivity contribution in [1.29, 1.82) is 0 Å². The molecular weight excluding hydrogens is 192 g/mol. The molecule has 0 amide bonds. The van der Waals surface area contributed by atoms with Gasteiger partial charge in [-0.3, -0.25) is 0 Å². The minimum absolute atomic E-state index is 0.158. The van der Waals surface area contributed by atoms with Crippen LogP contribution in [0.15, 0.2) is 6.07 Å². The van der Waals surface area contributed by atoms with Crippen molar-refractivity contribution in [3.63, 3.8) is 0 Å². The first-order valence-corrected chi connectivity index (χ1v) is 6.36. The molecular formula is C12H18OS. The van der Waals surface area contributed by atoms with Gasteiger partial charge in [0.15, 0.2) is 0 Å². The molecule has 0 aromatic carbocycles. The van der Waals surface area contributed by atoms with Crippen LogP contribution in [0.5, 0.6) is 0 Å². The fourth-order valence-electron chi connectivity index (χ4n) is 2.03. The highest BCUT2D eigenvalue weighted by atomic mass is 32.1. The SMILES string of the molecule is C[C@@H](O)CCc1cc2c(s1)CCCC2. The van der Waals surface area contributed by atoms with E-state index in [9.17, 15) is 5.11 Å². The first-order chi connectivity index (χ1) is 6.75. The third-order valence-corrected chi connectivity index (χ3v) is 4.15. The highest BCUT2D eigenvalue weighted by molar-refractivity contribution is 7.12. The summed E-state index contributed by atoms with van der Waals surface area (Å²) in [5.74, 6) is 0. The van der Waals surface area contributed by atoms with Crippen LogP contribution in [0.4, 0.5) is 0 Å². The minimum Gasteiger partial charge on any atom is -0.393 e. The molecule has 1 aliphatic carbocycles. The largest absolute Gasteiger partial charge is 0.393 e. The Morgan fingerprint density at radius 2 is 2.21 bits per heavy atom. The number of aryl methyl sites for hydroxylation is 3. The van der Waals surface area contributed by atoms with Crippen LogP contribution >= 0.6 is 11.3 Å². The van der Waals surface area contributed by atoms with Gasteiger partial charge in [-0.15, -0.1) is 11.3 Å². The molecule has 1 aromatic rings. The van der Waals surface area contributed by atoms with E-state index in [0.717, 1.165) is 12.8 Å². The second-order valence-corrected chi connectivity index (χ2v) is 5.48. The summed E-state index contributed by atoms with van der Waals surface area (Å²) in [6.45, 7) is 1.87. The van der Waals surface area contributed by atoms with Crippen LogP contribution in [0, 0.1) is 0 Å². The molecule has 0 unspecified atom stereocenters. The van der Waals surface area contributed by atoms with Gasteiger partial charge in [0, 0.05) is 9.75 Å². The first-order valence-electron chi connectivity index (χ1n) is 5.54. The highest BCUT2D eigenvalue weighted by Crippen LogP contribution is 2.30. The van der Waals surface area contributed by atoms with Crippen molar-refractivity contribution in [2.24, 2.45) is 0 Å². The number of hydrogen-bond donors (Lipinski definition) is 1. The van der Waals surface area contributed by atoms with Crippen molar-refractivity contribution < 1.29 is 5.11 Å². The molecule has 1 aliphatic rings. The van der Waals surface area contributed by atoms with Gasteiger partial charge in [0.1, 0.15) is 0 Å². The summed E-state index contributed by atoms with van der Waals surface area (Å²) in [5, 5.41) is 9.22. The number of aliphatic hydroxyl groups excluding tert-OH is 1. The maximum atomic E-state index is 9.22. The lowest BCUT2D eigenvalue weighted by Crippen LogP contribution is -2.00. The molecule has 2 rings (SSSR count). The van der Waals surface area contributed by atoms with Gasteiger partial charge < -0.3 is 5.11 Å². The Morgan fingerprint density at radius 3 is 2.93 bits per heavy atom. The number of thiophene rings is 1. The lowest BCUT2D eigenvalue weighted by atomic mass is 9.99. The second kappa shape index (κ2) is 4.45. The van der Waals surface area contributed by atoms with E-state index in [4.69, 9.17) is 0 Å². The Labute approximate surface area is 89.8 Å². The second-order valence-electron chi connectivity index (χ2n) is 4.26. The Kier molecular flexibility index (Phi) is 3.24. The number of fused-ring (bicyclic) bond motifs is 1. The highest BCUT2D eigenvalue weighted by Gasteiger charge is 2.13. The molecule has 0 saturated heterocycles. The fraction of sp³-hybridized carbons (Fsp3) is 0.667. The van der Waals surface area contributed by atoms with Crippen LogP contribution in [-0.4, -0.2) is 11.2 Å². The summed E-state index contributed by atoms with van der Waals surface area (Å²) in [4.78, 5) is 3.08. The predicted molar refractivity (Wildman–Crippen MR) is 61.0 cm³/mol. The van der Waals surface area contributed by atoms with Gasteiger partial charge in [-0.25, -0.2) is 0 Å². The molecule has 0 bridgehead atoms. The van der Waals surface area contributed by atoms with Gasteiger partial charge in [-0.05, 0) is 57.1 Å². The average Bonchev–Trinajstić information content (AvgIpc) is 2.57. The summed E-state index contributed by atoms with van der Waals surface area (Å²) in [5.41, 5.74) is 1.59. The third kappa shape index (κ3) is 2.37. The molecule has 0 fully saturated rings. The van der Waals surface area contributed by atoms with Gasteiger partial charge in [0.2, 0.25) is 0 Å². The van der Waals surface area contributed by atoms with Crippen molar-refractivity contribution in [2.75, 3.05) is 0 Å². The molecule has 78 valence electrons. The quantitative estimate of drug-likeness (QED) is 0.813. The molecule has 0 aliphatic heterocycles. The molecule has 0 saturated carbocycles. The van der Waals surface area contributed by atoms with E-state index >= 15 is 0 Å². The Balaban J connectivity index is 2.01. The lowest BCUT2D eigenvalue weighted by Gasteiger charge is -2.08. The maximum absolute atomic E-state index is 9.22. The molecule has 1 nitrogen and oxygen atoms in total. The van der Waals surface area contributed by atoms with Crippen molar-refractivity contribution in [1.82, 2.24) is 0 Å². The molecule has 0 radical (unpaired) electrons. The Hall–Kier alpha value is -0.340. The van der Waals surface area contributed by atoms with E-state index < -0.39 is 0 Å². The van der Waals surface area contributed by atoms with Crippen LogP contribution in [0.1, 0.15) is 41.5 Å². The summed E-state index contributed by atoms with van der Waals surface area (Å²) >= 11 is 1.97. The molecule has 1 N–H and O–H groups in total.